The lowest BCUT2D eigenvalue weighted by atomic mass is 10.0. The van der Waals surface area contributed by atoms with Gasteiger partial charge in [-0.15, -0.1) is 0 Å². The Hall–Kier alpha value is -0.200. The van der Waals surface area contributed by atoms with Crippen molar-refractivity contribution in [1.82, 2.24) is 0 Å². The Bertz CT molecular complexity index is 261. The van der Waals surface area contributed by atoms with E-state index in [9.17, 15) is 5.11 Å². The van der Waals surface area contributed by atoms with Gasteiger partial charge < -0.3 is 24.1 Å². The first-order valence-electron chi connectivity index (χ1n) is 8.89. The van der Waals surface area contributed by atoms with Gasteiger partial charge in [-0.25, -0.2) is 0 Å². The van der Waals surface area contributed by atoms with E-state index in [1.54, 1.807) is 0 Å². The molecule has 1 saturated heterocycles. The summed E-state index contributed by atoms with van der Waals surface area (Å²) < 4.78 is 23.3. The van der Waals surface area contributed by atoms with Crippen molar-refractivity contribution in [3.8, 4) is 0 Å². The van der Waals surface area contributed by atoms with Crippen molar-refractivity contribution in [1.29, 1.82) is 0 Å². The van der Waals surface area contributed by atoms with Crippen molar-refractivity contribution in [3.05, 3.63) is 0 Å². The lowest BCUT2D eigenvalue weighted by Crippen LogP contribution is -2.56. The highest BCUT2D eigenvalue weighted by molar-refractivity contribution is 4.86. The second-order valence-corrected chi connectivity index (χ2v) is 5.87. The van der Waals surface area contributed by atoms with Crippen LogP contribution in [-0.2, 0) is 18.9 Å². The van der Waals surface area contributed by atoms with Crippen LogP contribution in [0, 0.1) is 0 Å². The quantitative estimate of drug-likeness (QED) is 0.561. The second-order valence-electron chi connectivity index (χ2n) is 5.87. The minimum Gasteiger partial charge on any atom is -0.388 e. The SMILES string of the molecule is CCCCO[C@@H]1OC[C@@H](O)[C@@H](OCCCC)[C@@H]1OCCCC. The topological polar surface area (TPSA) is 57.2 Å². The van der Waals surface area contributed by atoms with E-state index >= 15 is 0 Å². The van der Waals surface area contributed by atoms with Crippen molar-refractivity contribution in [3.63, 3.8) is 0 Å². The molecule has 1 fully saturated rings. The van der Waals surface area contributed by atoms with Gasteiger partial charge in [-0.1, -0.05) is 40.0 Å². The Labute approximate surface area is 135 Å². The lowest BCUT2D eigenvalue weighted by molar-refractivity contribution is -0.288. The molecular formula is C17H34O5. The smallest absolute Gasteiger partial charge is 0.186 e. The third-order valence-corrected chi connectivity index (χ3v) is 3.80. The Morgan fingerprint density at radius 3 is 1.86 bits per heavy atom. The molecule has 0 radical (unpaired) electrons. The fourth-order valence-corrected chi connectivity index (χ4v) is 2.35. The minimum atomic E-state index is -0.658. The van der Waals surface area contributed by atoms with Crippen LogP contribution in [0.2, 0.25) is 0 Å². The molecule has 1 aliphatic heterocycles. The fourth-order valence-electron chi connectivity index (χ4n) is 2.35. The van der Waals surface area contributed by atoms with Gasteiger partial charge in [-0.3, -0.25) is 0 Å². The average Bonchev–Trinajstić information content (AvgIpc) is 2.52. The molecule has 22 heavy (non-hydrogen) atoms. The number of aliphatic hydroxyl groups excluding tert-OH is 1. The van der Waals surface area contributed by atoms with Crippen LogP contribution in [-0.4, -0.2) is 56.1 Å². The Morgan fingerprint density at radius 2 is 1.32 bits per heavy atom. The van der Waals surface area contributed by atoms with E-state index in [-0.39, 0.29) is 18.8 Å². The molecule has 0 unspecified atom stereocenters. The maximum atomic E-state index is 10.2. The lowest BCUT2D eigenvalue weighted by Gasteiger charge is -2.40. The van der Waals surface area contributed by atoms with Crippen LogP contribution in [0.3, 0.4) is 0 Å². The summed E-state index contributed by atoms with van der Waals surface area (Å²) in [6.07, 6.45) is 4.33. The van der Waals surface area contributed by atoms with E-state index in [1.165, 1.54) is 0 Å². The third-order valence-electron chi connectivity index (χ3n) is 3.80. The second kappa shape index (κ2) is 12.3. The number of hydrogen-bond acceptors (Lipinski definition) is 5. The van der Waals surface area contributed by atoms with Gasteiger partial charge in [0.2, 0.25) is 0 Å². The number of ether oxygens (including phenoxy) is 4. The van der Waals surface area contributed by atoms with Gasteiger partial charge in [0.1, 0.15) is 18.3 Å². The van der Waals surface area contributed by atoms with Gasteiger partial charge in [-0.05, 0) is 19.3 Å². The van der Waals surface area contributed by atoms with Gasteiger partial charge in [0.25, 0.3) is 0 Å². The Morgan fingerprint density at radius 1 is 0.818 bits per heavy atom. The van der Waals surface area contributed by atoms with Crippen LogP contribution in [0.25, 0.3) is 0 Å². The first-order chi connectivity index (χ1) is 10.7. The number of unbranched alkanes of at least 4 members (excludes halogenated alkanes) is 3. The van der Waals surface area contributed by atoms with E-state index in [2.05, 4.69) is 20.8 Å². The van der Waals surface area contributed by atoms with Crippen molar-refractivity contribution >= 4 is 0 Å². The molecule has 0 aliphatic carbocycles. The van der Waals surface area contributed by atoms with Crippen LogP contribution in [0.4, 0.5) is 0 Å². The van der Waals surface area contributed by atoms with Gasteiger partial charge >= 0.3 is 0 Å². The fraction of sp³-hybridized carbons (Fsp3) is 1.00. The molecule has 0 amide bonds. The van der Waals surface area contributed by atoms with E-state index in [0.717, 1.165) is 38.5 Å². The van der Waals surface area contributed by atoms with Gasteiger partial charge in [-0.2, -0.15) is 0 Å². The van der Waals surface area contributed by atoms with E-state index in [1.807, 2.05) is 0 Å². The molecule has 0 aromatic rings. The molecule has 132 valence electrons. The maximum absolute atomic E-state index is 10.2. The molecule has 0 saturated carbocycles. The van der Waals surface area contributed by atoms with Gasteiger partial charge in [0.05, 0.1) is 6.61 Å². The molecular weight excluding hydrogens is 284 g/mol. The summed E-state index contributed by atoms with van der Waals surface area (Å²) in [4.78, 5) is 0. The summed E-state index contributed by atoms with van der Waals surface area (Å²) in [5.41, 5.74) is 0. The van der Waals surface area contributed by atoms with Gasteiger partial charge in [0.15, 0.2) is 6.29 Å². The van der Waals surface area contributed by atoms with Gasteiger partial charge in [0, 0.05) is 19.8 Å². The van der Waals surface area contributed by atoms with E-state index in [4.69, 9.17) is 18.9 Å². The van der Waals surface area contributed by atoms with Crippen molar-refractivity contribution < 1.29 is 24.1 Å². The highest BCUT2D eigenvalue weighted by Gasteiger charge is 2.42. The number of hydrogen-bond donors (Lipinski definition) is 1. The minimum absolute atomic E-state index is 0.237. The summed E-state index contributed by atoms with van der Waals surface area (Å²) in [6, 6.07) is 0. The van der Waals surface area contributed by atoms with E-state index < -0.39 is 12.4 Å². The summed E-state index contributed by atoms with van der Waals surface area (Å²) in [7, 11) is 0. The molecule has 1 N–H and O–H groups in total. The van der Waals surface area contributed by atoms with Crippen LogP contribution in [0.5, 0.6) is 0 Å². The molecule has 5 heteroatoms. The molecule has 1 rings (SSSR count). The molecule has 5 nitrogen and oxygen atoms in total. The summed E-state index contributed by atoms with van der Waals surface area (Å²) in [6.45, 7) is 8.52. The Kier molecular flexibility index (Phi) is 11.1. The summed E-state index contributed by atoms with van der Waals surface area (Å²) in [5.74, 6) is 0. The van der Waals surface area contributed by atoms with Crippen LogP contribution >= 0.6 is 0 Å². The molecule has 1 heterocycles. The molecule has 0 spiro atoms. The first kappa shape index (κ1) is 19.8. The summed E-state index contributed by atoms with van der Waals surface area (Å²) >= 11 is 0. The average molecular weight is 318 g/mol. The normalized spacial score (nSPS) is 28.9. The van der Waals surface area contributed by atoms with Crippen molar-refractivity contribution in [2.75, 3.05) is 26.4 Å². The van der Waals surface area contributed by atoms with Crippen LogP contribution in [0.1, 0.15) is 59.3 Å². The first-order valence-corrected chi connectivity index (χ1v) is 8.89. The standard InChI is InChI=1S/C17H34O5/c1-4-7-10-19-15-14(18)13-22-17(21-12-9-6-3)16(15)20-11-8-5-2/h14-18H,4-13H2,1-3H3/t14-,15-,16+,17-/m1/s1. The molecule has 1 aliphatic rings. The zero-order valence-corrected chi connectivity index (χ0v) is 14.5. The monoisotopic (exact) mass is 318 g/mol. The Balaban J connectivity index is 2.59. The zero-order chi connectivity index (χ0) is 16.2. The van der Waals surface area contributed by atoms with Crippen LogP contribution < -0.4 is 0 Å². The number of rotatable bonds is 12. The molecule has 4 atom stereocenters. The zero-order valence-electron chi connectivity index (χ0n) is 14.5. The summed E-state index contributed by atoms with van der Waals surface area (Å²) in [5, 5.41) is 10.2. The largest absolute Gasteiger partial charge is 0.388 e. The molecule has 0 aromatic heterocycles. The van der Waals surface area contributed by atoms with Crippen molar-refractivity contribution in [2.45, 2.75) is 83.9 Å². The highest BCUT2D eigenvalue weighted by atomic mass is 16.7. The maximum Gasteiger partial charge on any atom is 0.186 e. The predicted octanol–water partition coefficient (Wildman–Crippen LogP) is 2.89. The van der Waals surface area contributed by atoms with E-state index in [0.29, 0.717) is 19.8 Å². The predicted molar refractivity (Wildman–Crippen MR) is 85.9 cm³/mol. The molecule has 0 aromatic carbocycles. The highest BCUT2D eigenvalue weighted by Crippen LogP contribution is 2.23. The third kappa shape index (κ3) is 6.92. The number of aliphatic hydroxyl groups is 1. The van der Waals surface area contributed by atoms with Crippen LogP contribution in [0.15, 0.2) is 0 Å². The molecule has 0 bridgehead atoms. The van der Waals surface area contributed by atoms with Crippen molar-refractivity contribution in [2.24, 2.45) is 0 Å².